The average Bonchev–Trinajstić information content (AvgIpc) is 2.96. The maximum Gasteiger partial charge on any atom is 0.184 e. The van der Waals surface area contributed by atoms with Gasteiger partial charge in [0.15, 0.2) is 8.29 Å². The average molecular weight is 357 g/mol. The van der Waals surface area contributed by atoms with Gasteiger partial charge in [-0.3, -0.25) is 0 Å². The molecule has 2 nitrogen and oxygen atoms in total. The lowest BCUT2D eigenvalue weighted by Gasteiger charge is -2.23. The molecule has 1 aromatic heterocycles. The third kappa shape index (κ3) is 3.13. The van der Waals surface area contributed by atoms with Crippen LogP contribution in [0.4, 0.5) is 0 Å². The van der Waals surface area contributed by atoms with Gasteiger partial charge in [0.25, 0.3) is 0 Å². The first-order valence-corrected chi connectivity index (χ1v) is 9.82. The van der Waals surface area contributed by atoms with Gasteiger partial charge in [-0.2, -0.15) is 0 Å². The second-order valence-electron chi connectivity index (χ2n) is 5.58. The molecule has 0 aliphatic heterocycles. The van der Waals surface area contributed by atoms with Crippen LogP contribution >= 0.6 is 35.3 Å². The van der Waals surface area contributed by atoms with Gasteiger partial charge in [0, 0.05) is 5.25 Å². The van der Waals surface area contributed by atoms with E-state index in [9.17, 15) is 0 Å². The molecule has 5 heteroatoms. The molecule has 1 heterocycles. The summed E-state index contributed by atoms with van der Waals surface area (Å²) in [6.45, 7) is 0. The number of hydrogen-bond acceptors (Lipinski definition) is 4. The van der Waals surface area contributed by atoms with E-state index in [4.69, 9.17) is 17.3 Å². The van der Waals surface area contributed by atoms with Crippen LogP contribution in [0.3, 0.4) is 0 Å². The number of thioether (sulfide) groups is 1. The van der Waals surface area contributed by atoms with E-state index in [0.29, 0.717) is 5.25 Å². The molecule has 0 amide bonds. The fourth-order valence-corrected chi connectivity index (χ4v) is 5.83. The van der Waals surface area contributed by atoms with Gasteiger partial charge in [0.05, 0.1) is 5.69 Å². The second-order valence-corrected chi connectivity index (χ2v) is 8.65. The molecule has 4 rings (SSSR count). The summed E-state index contributed by atoms with van der Waals surface area (Å²) in [4.78, 5) is 0. The summed E-state index contributed by atoms with van der Waals surface area (Å²) >= 11 is 8.97. The maximum absolute atomic E-state index is 5.51. The van der Waals surface area contributed by atoms with Crippen LogP contribution in [0.1, 0.15) is 29.2 Å². The smallest absolute Gasteiger partial charge is 0.184 e. The van der Waals surface area contributed by atoms with E-state index in [1.165, 1.54) is 30.4 Å². The highest BCUT2D eigenvalue weighted by molar-refractivity contribution is 8.01. The Morgan fingerprint density at radius 2 is 1.87 bits per heavy atom. The molecule has 1 unspecified atom stereocenters. The van der Waals surface area contributed by atoms with Crippen molar-refractivity contribution in [1.82, 2.24) is 9.78 Å². The predicted molar refractivity (Wildman–Crippen MR) is 100 cm³/mol. The van der Waals surface area contributed by atoms with Gasteiger partial charge in [0.2, 0.25) is 0 Å². The van der Waals surface area contributed by atoms with Crippen LogP contribution < -0.4 is 0 Å². The number of para-hydroxylation sites is 1. The minimum absolute atomic E-state index is 0.490. The number of benzene rings is 2. The topological polar surface area (TPSA) is 17.8 Å². The molecule has 2 aromatic carbocycles. The van der Waals surface area contributed by atoms with E-state index in [1.807, 2.05) is 46.8 Å². The van der Waals surface area contributed by atoms with Crippen LogP contribution in [0.15, 0.2) is 58.9 Å². The van der Waals surface area contributed by atoms with Crippen molar-refractivity contribution >= 4 is 35.3 Å². The van der Waals surface area contributed by atoms with Gasteiger partial charge >= 0.3 is 0 Å². The molecule has 0 bridgehead atoms. The highest BCUT2D eigenvalue weighted by Crippen LogP contribution is 2.44. The number of nitrogens with zero attached hydrogens (tertiary/aromatic N) is 2. The summed E-state index contributed by atoms with van der Waals surface area (Å²) in [6, 6.07) is 18.9. The van der Waals surface area contributed by atoms with Crippen LogP contribution in [0.25, 0.3) is 5.69 Å². The summed E-state index contributed by atoms with van der Waals surface area (Å²) in [5.41, 5.74) is 3.99. The SMILES string of the molecule is S=c1sc(SC2CCCc3ccccc32)nn1-c1ccccc1. The highest BCUT2D eigenvalue weighted by atomic mass is 32.2. The highest BCUT2D eigenvalue weighted by Gasteiger charge is 2.22. The Kier molecular flexibility index (Phi) is 4.33. The standard InChI is InChI=1S/C18H16N2S3/c21-18-20(14-9-2-1-3-10-14)19-17(23-18)22-16-12-6-8-13-7-4-5-11-15(13)16/h1-5,7,9-11,16H,6,8,12H2. The Morgan fingerprint density at radius 1 is 1.09 bits per heavy atom. The predicted octanol–water partition coefficient (Wildman–Crippen LogP) is 5.83. The third-order valence-electron chi connectivity index (χ3n) is 4.09. The maximum atomic E-state index is 5.51. The van der Waals surface area contributed by atoms with Crippen molar-refractivity contribution in [2.45, 2.75) is 28.9 Å². The molecule has 0 fully saturated rings. The molecular formula is C18H16N2S3. The zero-order valence-corrected chi connectivity index (χ0v) is 15.0. The van der Waals surface area contributed by atoms with Gasteiger partial charge in [-0.05, 0) is 54.7 Å². The first kappa shape index (κ1) is 15.1. The number of hydrogen-bond donors (Lipinski definition) is 0. The van der Waals surface area contributed by atoms with Crippen molar-refractivity contribution in [2.24, 2.45) is 0 Å². The second kappa shape index (κ2) is 6.59. The molecule has 1 aliphatic rings. The molecule has 0 N–H and O–H groups in total. The van der Waals surface area contributed by atoms with Crippen LogP contribution in [0, 0.1) is 3.95 Å². The van der Waals surface area contributed by atoms with E-state index >= 15 is 0 Å². The van der Waals surface area contributed by atoms with Crippen molar-refractivity contribution in [2.75, 3.05) is 0 Å². The number of rotatable bonds is 3. The molecular weight excluding hydrogens is 340 g/mol. The van der Waals surface area contributed by atoms with Crippen molar-refractivity contribution in [3.63, 3.8) is 0 Å². The summed E-state index contributed by atoms with van der Waals surface area (Å²) in [6.07, 6.45) is 3.65. The van der Waals surface area contributed by atoms with E-state index in [2.05, 4.69) is 24.3 Å². The molecule has 116 valence electrons. The Bertz CT molecular complexity index is 867. The Balaban J connectivity index is 1.63. The molecule has 0 saturated carbocycles. The van der Waals surface area contributed by atoms with Gasteiger partial charge in [0.1, 0.15) is 0 Å². The molecule has 1 atom stereocenters. The quantitative estimate of drug-likeness (QED) is 0.550. The van der Waals surface area contributed by atoms with E-state index < -0.39 is 0 Å². The molecule has 1 aliphatic carbocycles. The normalized spacial score (nSPS) is 17.0. The minimum Gasteiger partial charge on any atom is -0.211 e. The molecule has 0 radical (unpaired) electrons. The molecule has 0 spiro atoms. The number of aryl methyl sites for hydroxylation is 1. The van der Waals surface area contributed by atoms with Crippen molar-refractivity contribution in [3.05, 3.63) is 69.7 Å². The van der Waals surface area contributed by atoms with E-state index in [1.54, 1.807) is 11.3 Å². The number of aromatic nitrogens is 2. The fraction of sp³-hybridized carbons (Fsp3) is 0.222. The largest absolute Gasteiger partial charge is 0.211 e. The van der Waals surface area contributed by atoms with Gasteiger partial charge in [-0.15, -0.1) is 5.10 Å². The third-order valence-corrected chi connectivity index (χ3v) is 6.71. The van der Waals surface area contributed by atoms with Gasteiger partial charge < -0.3 is 0 Å². The van der Waals surface area contributed by atoms with E-state index in [-0.39, 0.29) is 0 Å². The van der Waals surface area contributed by atoms with Crippen molar-refractivity contribution in [3.8, 4) is 5.69 Å². The van der Waals surface area contributed by atoms with Crippen LogP contribution in [-0.4, -0.2) is 9.78 Å². The first-order valence-electron chi connectivity index (χ1n) is 7.71. The Hall–Kier alpha value is -1.43. The van der Waals surface area contributed by atoms with Crippen LogP contribution in [-0.2, 0) is 6.42 Å². The zero-order valence-electron chi connectivity index (χ0n) is 12.5. The summed E-state index contributed by atoms with van der Waals surface area (Å²) in [7, 11) is 0. The lowest BCUT2D eigenvalue weighted by Crippen LogP contribution is -2.06. The van der Waals surface area contributed by atoms with Crippen LogP contribution in [0.2, 0.25) is 0 Å². The van der Waals surface area contributed by atoms with Gasteiger partial charge in [-0.25, -0.2) is 4.68 Å². The first-order chi connectivity index (χ1) is 11.3. The molecule has 3 aromatic rings. The fourth-order valence-electron chi connectivity index (χ4n) is 2.99. The van der Waals surface area contributed by atoms with Crippen LogP contribution in [0.5, 0.6) is 0 Å². The van der Waals surface area contributed by atoms with E-state index in [0.717, 1.165) is 14.0 Å². The number of fused-ring (bicyclic) bond motifs is 1. The summed E-state index contributed by atoms with van der Waals surface area (Å²) < 4.78 is 3.74. The Labute approximate surface area is 149 Å². The monoisotopic (exact) mass is 356 g/mol. The van der Waals surface area contributed by atoms with Crippen molar-refractivity contribution in [1.29, 1.82) is 0 Å². The van der Waals surface area contributed by atoms with Gasteiger partial charge in [-0.1, -0.05) is 65.6 Å². The molecule has 23 heavy (non-hydrogen) atoms. The summed E-state index contributed by atoms with van der Waals surface area (Å²) in [5.74, 6) is 0. The molecule has 0 saturated heterocycles. The Morgan fingerprint density at radius 3 is 2.74 bits per heavy atom. The lowest BCUT2D eigenvalue weighted by atomic mass is 9.91. The summed E-state index contributed by atoms with van der Waals surface area (Å²) in [5, 5.41) is 5.23. The lowest BCUT2D eigenvalue weighted by molar-refractivity contribution is 0.672. The zero-order chi connectivity index (χ0) is 15.6. The minimum atomic E-state index is 0.490. The van der Waals surface area contributed by atoms with Crippen molar-refractivity contribution < 1.29 is 0 Å².